The molecular weight excluding hydrogens is 124 g/mol. The highest BCUT2D eigenvalue weighted by Gasteiger charge is 2.22. The maximum atomic E-state index is 9.24. The van der Waals surface area contributed by atoms with Crippen LogP contribution >= 0.6 is 0 Å². The van der Waals surface area contributed by atoms with E-state index in [-0.39, 0.29) is 5.92 Å². The summed E-state index contributed by atoms with van der Waals surface area (Å²) >= 11 is 0. The summed E-state index contributed by atoms with van der Waals surface area (Å²) in [4.78, 5) is 0. The molecule has 0 aliphatic heterocycles. The molecule has 1 aliphatic carbocycles. The largest absolute Gasteiger partial charge is 0.504 e. The van der Waals surface area contributed by atoms with E-state index in [1.807, 2.05) is 13.0 Å². The standard InChI is InChI=1S/C9H14O/c1-6-4-5-9(10)8(3)7(6)2/h4,6-8,10H,1-3H3. The topological polar surface area (TPSA) is 20.2 Å². The van der Waals surface area contributed by atoms with Gasteiger partial charge in [0, 0.05) is 5.92 Å². The van der Waals surface area contributed by atoms with E-state index >= 15 is 0 Å². The Morgan fingerprint density at radius 1 is 1.40 bits per heavy atom. The number of allylic oxidation sites excluding steroid dienone is 1. The number of hydrogen-bond acceptors (Lipinski definition) is 1. The smallest absolute Gasteiger partial charge is 0.137 e. The first-order chi connectivity index (χ1) is 4.63. The van der Waals surface area contributed by atoms with E-state index in [0.29, 0.717) is 17.6 Å². The van der Waals surface area contributed by atoms with Crippen LogP contribution < -0.4 is 0 Å². The van der Waals surface area contributed by atoms with Crippen molar-refractivity contribution in [3.8, 4) is 0 Å². The first-order valence-corrected chi connectivity index (χ1v) is 3.78. The van der Waals surface area contributed by atoms with Crippen LogP contribution in [-0.4, -0.2) is 5.11 Å². The minimum Gasteiger partial charge on any atom is -0.504 e. The van der Waals surface area contributed by atoms with E-state index in [1.54, 1.807) is 0 Å². The second-order valence-corrected chi connectivity index (χ2v) is 3.20. The molecule has 56 valence electrons. The van der Waals surface area contributed by atoms with Gasteiger partial charge in [-0.3, -0.25) is 0 Å². The van der Waals surface area contributed by atoms with E-state index in [2.05, 4.69) is 19.6 Å². The van der Waals surface area contributed by atoms with Crippen molar-refractivity contribution < 1.29 is 5.11 Å². The lowest BCUT2D eigenvalue weighted by molar-refractivity contribution is 0.248. The van der Waals surface area contributed by atoms with Gasteiger partial charge in [0.05, 0.1) is 0 Å². The fourth-order valence-corrected chi connectivity index (χ4v) is 1.20. The first-order valence-electron chi connectivity index (χ1n) is 3.78. The van der Waals surface area contributed by atoms with Gasteiger partial charge in [-0.1, -0.05) is 26.5 Å². The quantitative estimate of drug-likeness (QED) is 0.510. The third kappa shape index (κ3) is 1.10. The minimum atomic E-state index is 0.278. The molecule has 3 unspecified atom stereocenters. The molecular formula is C9H14O. The summed E-state index contributed by atoms with van der Waals surface area (Å²) in [5, 5.41) is 9.24. The van der Waals surface area contributed by atoms with Gasteiger partial charge < -0.3 is 5.11 Å². The zero-order valence-electron chi connectivity index (χ0n) is 6.76. The summed E-state index contributed by atoms with van der Waals surface area (Å²) in [5.74, 6) is 1.78. The Balaban J connectivity index is 2.88. The summed E-state index contributed by atoms with van der Waals surface area (Å²) in [6.07, 6.45) is 1.94. The van der Waals surface area contributed by atoms with Gasteiger partial charge in [0.15, 0.2) is 0 Å². The number of hydrogen-bond donors (Lipinski definition) is 1. The van der Waals surface area contributed by atoms with Crippen LogP contribution in [-0.2, 0) is 0 Å². The average molecular weight is 138 g/mol. The van der Waals surface area contributed by atoms with E-state index in [4.69, 9.17) is 0 Å². The average Bonchev–Trinajstić information content (AvgIpc) is 1.93. The lowest BCUT2D eigenvalue weighted by Crippen LogP contribution is -2.19. The van der Waals surface area contributed by atoms with Crippen LogP contribution in [0.25, 0.3) is 0 Å². The second-order valence-electron chi connectivity index (χ2n) is 3.20. The van der Waals surface area contributed by atoms with E-state index in [1.165, 1.54) is 0 Å². The van der Waals surface area contributed by atoms with E-state index in [9.17, 15) is 5.11 Å². The molecule has 1 heteroatoms. The molecule has 0 radical (unpaired) electrons. The predicted molar refractivity (Wildman–Crippen MR) is 41.7 cm³/mol. The Bertz CT molecular complexity index is 187. The number of aliphatic hydroxyl groups excluding tert-OH is 1. The van der Waals surface area contributed by atoms with Crippen molar-refractivity contribution in [1.29, 1.82) is 0 Å². The molecule has 0 saturated heterocycles. The van der Waals surface area contributed by atoms with Crippen molar-refractivity contribution in [3.05, 3.63) is 17.6 Å². The summed E-state index contributed by atoms with van der Waals surface area (Å²) < 4.78 is 0. The third-order valence-corrected chi connectivity index (χ3v) is 2.54. The highest BCUT2D eigenvalue weighted by Crippen LogP contribution is 2.28. The van der Waals surface area contributed by atoms with Gasteiger partial charge in [-0.25, -0.2) is 0 Å². The number of aliphatic hydroxyl groups is 1. The molecule has 1 aliphatic rings. The Morgan fingerprint density at radius 3 is 2.50 bits per heavy atom. The van der Waals surface area contributed by atoms with Crippen molar-refractivity contribution in [3.63, 3.8) is 0 Å². The Labute approximate surface area is 62.1 Å². The SMILES string of the molecule is CC1C=C=C(O)C(C)C1C. The van der Waals surface area contributed by atoms with Crippen LogP contribution in [0.2, 0.25) is 0 Å². The normalized spacial score (nSPS) is 39.5. The van der Waals surface area contributed by atoms with E-state index < -0.39 is 0 Å². The van der Waals surface area contributed by atoms with Gasteiger partial charge in [-0.2, -0.15) is 0 Å². The highest BCUT2D eigenvalue weighted by atomic mass is 16.3. The molecule has 1 N–H and O–H groups in total. The Hall–Kier alpha value is -0.680. The molecule has 0 bridgehead atoms. The molecule has 0 aromatic carbocycles. The van der Waals surface area contributed by atoms with Crippen LogP contribution in [0.1, 0.15) is 20.8 Å². The van der Waals surface area contributed by atoms with Crippen LogP contribution in [0.3, 0.4) is 0 Å². The summed E-state index contributed by atoms with van der Waals surface area (Å²) in [7, 11) is 0. The Kier molecular flexibility index (Phi) is 1.87. The van der Waals surface area contributed by atoms with Crippen molar-refractivity contribution in [2.45, 2.75) is 20.8 Å². The molecule has 0 amide bonds. The number of rotatable bonds is 0. The molecule has 0 aromatic heterocycles. The van der Waals surface area contributed by atoms with Gasteiger partial charge >= 0.3 is 0 Å². The molecule has 0 heterocycles. The summed E-state index contributed by atoms with van der Waals surface area (Å²) in [6.45, 7) is 6.35. The molecule has 0 aromatic rings. The first kappa shape index (κ1) is 7.43. The fourth-order valence-electron chi connectivity index (χ4n) is 1.20. The highest BCUT2D eigenvalue weighted by molar-refractivity contribution is 5.06. The lowest BCUT2D eigenvalue weighted by Gasteiger charge is -2.24. The van der Waals surface area contributed by atoms with Gasteiger partial charge in [0.2, 0.25) is 0 Å². The fraction of sp³-hybridized carbons (Fsp3) is 0.667. The molecule has 0 fully saturated rings. The molecule has 10 heavy (non-hydrogen) atoms. The molecule has 1 rings (SSSR count). The van der Waals surface area contributed by atoms with Crippen molar-refractivity contribution >= 4 is 0 Å². The zero-order chi connectivity index (χ0) is 7.72. The maximum Gasteiger partial charge on any atom is 0.137 e. The van der Waals surface area contributed by atoms with Crippen LogP contribution in [0, 0.1) is 17.8 Å². The van der Waals surface area contributed by atoms with Crippen LogP contribution in [0.5, 0.6) is 0 Å². The summed E-state index contributed by atoms with van der Waals surface area (Å²) in [6, 6.07) is 0. The van der Waals surface area contributed by atoms with Gasteiger partial charge in [-0.15, -0.1) is 0 Å². The Morgan fingerprint density at radius 2 is 2.00 bits per heavy atom. The maximum absolute atomic E-state index is 9.24. The lowest BCUT2D eigenvalue weighted by atomic mass is 9.81. The predicted octanol–water partition coefficient (Wildman–Crippen LogP) is 2.51. The monoisotopic (exact) mass is 138 g/mol. The van der Waals surface area contributed by atoms with Gasteiger partial charge in [0.25, 0.3) is 0 Å². The molecule has 3 atom stereocenters. The van der Waals surface area contributed by atoms with Crippen molar-refractivity contribution in [1.82, 2.24) is 0 Å². The third-order valence-electron chi connectivity index (χ3n) is 2.54. The van der Waals surface area contributed by atoms with Gasteiger partial charge in [-0.05, 0) is 17.9 Å². The molecule has 0 spiro atoms. The second kappa shape index (κ2) is 2.51. The summed E-state index contributed by atoms with van der Waals surface area (Å²) in [5.41, 5.74) is 2.86. The molecule has 1 nitrogen and oxygen atoms in total. The van der Waals surface area contributed by atoms with Crippen LogP contribution in [0.4, 0.5) is 0 Å². The van der Waals surface area contributed by atoms with Gasteiger partial charge in [0.1, 0.15) is 5.76 Å². The van der Waals surface area contributed by atoms with Crippen molar-refractivity contribution in [2.75, 3.05) is 0 Å². The van der Waals surface area contributed by atoms with E-state index in [0.717, 1.165) is 0 Å². The van der Waals surface area contributed by atoms with Crippen LogP contribution in [0.15, 0.2) is 17.6 Å². The molecule has 0 saturated carbocycles. The zero-order valence-corrected chi connectivity index (χ0v) is 6.76. The minimum absolute atomic E-state index is 0.278. The van der Waals surface area contributed by atoms with Crippen molar-refractivity contribution in [2.24, 2.45) is 17.8 Å².